The average molecular weight is 415 g/mol. The number of nitrogens with one attached hydrogen (secondary N) is 2. The number of amides is 2. The van der Waals surface area contributed by atoms with Crippen LogP contribution in [0.1, 0.15) is 38.7 Å². The van der Waals surface area contributed by atoms with Crippen LogP contribution in [0.3, 0.4) is 0 Å². The number of aliphatic carboxylic acids is 1. The predicted octanol–water partition coefficient (Wildman–Crippen LogP) is 1.64. The molecule has 3 rings (SSSR count). The number of nitrogens with zero attached hydrogens (tertiary/aromatic N) is 1. The second-order valence-electron chi connectivity index (χ2n) is 8.06. The Kier molecular flexibility index (Phi) is 6.77. The van der Waals surface area contributed by atoms with Gasteiger partial charge >= 0.3 is 5.97 Å². The van der Waals surface area contributed by atoms with Gasteiger partial charge in [0, 0.05) is 30.1 Å². The minimum atomic E-state index is -1.02. The molecule has 4 atom stereocenters. The van der Waals surface area contributed by atoms with Gasteiger partial charge in [-0.3, -0.25) is 9.59 Å². The summed E-state index contributed by atoms with van der Waals surface area (Å²) < 4.78 is 0. The van der Waals surface area contributed by atoms with Gasteiger partial charge in [0.05, 0.1) is 6.04 Å². The van der Waals surface area contributed by atoms with Crippen molar-refractivity contribution in [3.05, 3.63) is 36.0 Å². The van der Waals surface area contributed by atoms with Crippen molar-refractivity contribution in [1.29, 1.82) is 0 Å². The van der Waals surface area contributed by atoms with E-state index in [0.717, 1.165) is 22.9 Å². The zero-order valence-electron chi connectivity index (χ0n) is 17.4. The van der Waals surface area contributed by atoms with E-state index < -0.39 is 30.0 Å². The number of hydrogen-bond acceptors (Lipinski definition) is 4. The van der Waals surface area contributed by atoms with Gasteiger partial charge in [-0.15, -0.1) is 0 Å². The summed E-state index contributed by atoms with van der Waals surface area (Å²) in [5.74, 6) is -1.83. The smallest absolute Gasteiger partial charge is 0.326 e. The number of carbonyl (C=O) groups is 3. The van der Waals surface area contributed by atoms with Crippen LogP contribution >= 0.6 is 0 Å². The first-order valence-electron chi connectivity index (χ1n) is 10.5. The molecule has 0 spiro atoms. The number of benzene rings is 1. The van der Waals surface area contributed by atoms with Gasteiger partial charge < -0.3 is 26.0 Å². The van der Waals surface area contributed by atoms with Crippen LogP contribution < -0.4 is 11.1 Å². The van der Waals surface area contributed by atoms with E-state index >= 15 is 0 Å². The summed E-state index contributed by atoms with van der Waals surface area (Å²) in [5.41, 5.74) is 7.89. The first kappa shape index (κ1) is 21.8. The van der Waals surface area contributed by atoms with Gasteiger partial charge in [-0.05, 0) is 30.4 Å². The zero-order valence-corrected chi connectivity index (χ0v) is 17.4. The summed E-state index contributed by atoms with van der Waals surface area (Å²) in [5, 5.41) is 13.3. The topological polar surface area (TPSA) is 129 Å². The number of para-hydroxylation sites is 1. The molecule has 0 saturated carbocycles. The number of carbonyl (C=O) groups excluding carboxylic acids is 2. The van der Waals surface area contributed by atoms with Crippen LogP contribution in [0.4, 0.5) is 0 Å². The van der Waals surface area contributed by atoms with Crippen molar-refractivity contribution >= 4 is 28.7 Å². The molecular formula is C22H30N4O4. The fourth-order valence-corrected chi connectivity index (χ4v) is 3.99. The Morgan fingerprint density at radius 3 is 2.77 bits per heavy atom. The molecule has 30 heavy (non-hydrogen) atoms. The van der Waals surface area contributed by atoms with Crippen molar-refractivity contribution in [1.82, 2.24) is 15.2 Å². The highest BCUT2D eigenvalue weighted by molar-refractivity contribution is 5.93. The number of aromatic amines is 1. The molecule has 1 aliphatic rings. The highest BCUT2D eigenvalue weighted by atomic mass is 16.4. The van der Waals surface area contributed by atoms with E-state index in [2.05, 4.69) is 10.3 Å². The highest BCUT2D eigenvalue weighted by Crippen LogP contribution is 2.23. The maximum Gasteiger partial charge on any atom is 0.326 e. The largest absolute Gasteiger partial charge is 0.480 e. The van der Waals surface area contributed by atoms with Crippen molar-refractivity contribution in [3.63, 3.8) is 0 Å². The van der Waals surface area contributed by atoms with E-state index in [9.17, 15) is 19.5 Å². The number of fused-ring (bicyclic) bond motifs is 1. The molecule has 0 aliphatic carbocycles. The first-order chi connectivity index (χ1) is 14.3. The van der Waals surface area contributed by atoms with Gasteiger partial charge in [0.2, 0.25) is 11.8 Å². The minimum Gasteiger partial charge on any atom is -0.480 e. The molecule has 162 valence electrons. The predicted molar refractivity (Wildman–Crippen MR) is 114 cm³/mol. The first-order valence-corrected chi connectivity index (χ1v) is 10.5. The van der Waals surface area contributed by atoms with Gasteiger partial charge in [0.25, 0.3) is 0 Å². The monoisotopic (exact) mass is 414 g/mol. The number of aromatic nitrogens is 1. The summed E-state index contributed by atoms with van der Waals surface area (Å²) in [7, 11) is 0. The van der Waals surface area contributed by atoms with E-state index in [1.807, 2.05) is 44.3 Å². The third kappa shape index (κ3) is 4.48. The van der Waals surface area contributed by atoms with Crippen LogP contribution in [-0.4, -0.2) is 57.4 Å². The lowest BCUT2D eigenvalue weighted by molar-refractivity contribution is -0.149. The molecule has 0 bridgehead atoms. The number of H-pyrrole nitrogens is 1. The number of rotatable bonds is 8. The number of nitrogens with two attached hydrogens (primary N) is 1. The van der Waals surface area contributed by atoms with Crippen LogP contribution in [0, 0.1) is 5.92 Å². The molecule has 8 heteroatoms. The Morgan fingerprint density at radius 1 is 1.33 bits per heavy atom. The van der Waals surface area contributed by atoms with Gasteiger partial charge in [-0.1, -0.05) is 38.5 Å². The fraction of sp³-hybridized carbons (Fsp3) is 0.500. The molecule has 5 N–H and O–H groups in total. The van der Waals surface area contributed by atoms with Gasteiger partial charge in [0.1, 0.15) is 12.1 Å². The standard InChI is InChI=1S/C22H30N4O4/c1-3-13(2)19(23)20(27)25-17(21(28)26-10-6-9-18(26)22(29)30)11-14-12-24-16-8-5-4-7-15(14)16/h4-5,7-8,12-13,17-19,24H,3,6,9-11,23H2,1-2H3,(H,25,27)(H,29,30)/t13-,17-,18+,19-/m0/s1. The van der Waals surface area contributed by atoms with Crippen LogP contribution in [0.15, 0.2) is 30.5 Å². The normalized spacial score (nSPS) is 19.4. The summed E-state index contributed by atoms with van der Waals surface area (Å²) >= 11 is 0. The quantitative estimate of drug-likeness (QED) is 0.522. The number of hydrogen-bond donors (Lipinski definition) is 4. The zero-order chi connectivity index (χ0) is 21.8. The highest BCUT2D eigenvalue weighted by Gasteiger charge is 2.38. The summed E-state index contributed by atoms with van der Waals surface area (Å²) in [6.07, 6.45) is 3.86. The molecular weight excluding hydrogens is 384 g/mol. The van der Waals surface area contributed by atoms with E-state index in [-0.39, 0.29) is 18.2 Å². The van der Waals surface area contributed by atoms with Crippen molar-refractivity contribution in [2.24, 2.45) is 11.7 Å². The fourth-order valence-electron chi connectivity index (χ4n) is 3.99. The lowest BCUT2D eigenvalue weighted by Gasteiger charge is -2.28. The molecule has 1 aliphatic heterocycles. The lowest BCUT2D eigenvalue weighted by Crippen LogP contribution is -2.56. The average Bonchev–Trinajstić information content (AvgIpc) is 3.39. The number of likely N-dealkylation sites (tertiary alicyclic amines) is 1. The Bertz CT molecular complexity index is 925. The maximum atomic E-state index is 13.3. The van der Waals surface area contributed by atoms with E-state index in [1.165, 1.54) is 4.90 Å². The Balaban J connectivity index is 1.87. The second kappa shape index (κ2) is 9.30. The van der Waals surface area contributed by atoms with E-state index in [4.69, 9.17) is 5.73 Å². The summed E-state index contributed by atoms with van der Waals surface area (Å²) in [6, 6.07) is 5.24. The molecule has 0 radical (unpaired) electrons. The molecule has 2 heterocycles. The molecule has 1 aromatic carbocycles. The lowest BCUT2D eigenvalue weighted by atomic mass is 9.98. The van der Waals surface area contributed by atoms with Crippen molar-refractivity contribution < 1.29 is 19.5 Å². The molecule has 1 aromatic heterocycles. The third-order valence-electron chi connectivity index (χ3n) is 6.09. The van der Waals surface area contributed by atoms with Crippen LogP contribution in [0.25, 0.3) is 10.9 Å². The number of carboxylic acids is 1. The van der Waals surface area contributed by atoms with Crippen LogP contribution in [0.2, 0.25) is 0 Å². The Morgan fingerprint density at radius 2 is 2.07 bits per heavy atom. The molecule has 8 nitrogen and oxygen atoms in total. The Hall–Kier alpha value is -2.87. The van der Waals surface area contributed by atoms with Gasteiger partial charge in [-0.25, -0.2) is 4.79 Å². The van der Waals surface area contributed by atoms with Crippen molar-refractivity contribution in [3.8, 4) is 0 Å². The van der Waals surface area contributed by atoms with Crippen LogP contribution in [-0.2, 0) is 20.8 Å². The molecule has 1 fully saturated rings. The van der Waals surface area contributed by atoms with Crippen molar-refractivity contribution in [2.45, 2.75) is 57.7 Å². The van der Waals surface area contributed by atoms with Gasteiger partial charge in [-0.2, -0.15) is 0 Å². The minimum absolute atomic E-state index is 0.0348. The van der Waals surface area contributed by atoms with E-state index in [1.54, 1.807) is 0 Å². The SMILES string of the molecule is CC[C@H](C)[C@H](N)C(=O)N[C@@H](Cc1c[nH]c2ccccc12)C(=O)N1CCC[C@@H]1C(=O)O. The third-order valence-corrected chi connectivity index (χ3v) is 6.09. The molecule has 2 aromatic rings. The van der Waals surface area contributed by atoms with E-state index in [0.29, 0.717) is 19.4 Å². The molecule has 0 unspecified atom stereocenters. The molecule has 1 saturated heterocycles. The maximum absolute atomic E-state index is 13.3. The van der Waals surface area contributed by atoms with Crippen molar-refractivity contribution in [2.75, 3.05) is 6.54 Å². The van der Waals surface area contributed by atoms with Crippen LogP contribution in [0.5, 0.6) is 0 Å². The Labute approximate surface area is 175 Å². The summed E-state index contributed by atoms with van der Waals surface area (Å²) in [4.78, 5) is 42.2. The summed E-state index contributed by atoms with van der Waals surface area (Å²) in [6.45, 7) is 4.21. The molecule has 2 amide bonds. The second-order valence-corrected chi connectivity index (χ2v) is 8.06. The number of carboxylic acid groups (broad SMARTS) is 1. The van der Waals surface area contributed by atoms with Gasteiger partial charge in [0.15, 0.2) is 0 Å².